The molecule has 6 nitrogen and oxygen atoms in total. The highest BCUT2D eigenvalue weighted by molar-refractivity contribution is 7.21. The van der Waals surface area contributed by atoms with Gasteiger partial charge in [-0.3, -0.25) is 4.79 Å². The van der Waals surface area contributed by atoms with Crippen molar-refractivity contribution in [3.05, 3.63) is 38.2 Å². The molecule has 1 aliphatic rings. The molecular formula is C22H23F2N3O3S2. The number of carbonyl (C=O) groups excluding carboxylic acids is 2. The van der Waals surface area contributed by atoms with Crippen molar-refractivity contribution in [2.24, 2.45) is 5.92 Å². The van der Waals surface area contributed by atoms with Crippen LogP contribution in [-0.2, 0) is 17.6 Å². The molecule has 0 unspecified atom stereocenters. The van der Waals surface area contributed by atoms with Crippen molar-refractivity contribution >= 4 is 55.5 Å². The third-order valence-electron chi connectivity index (χ3n) is 5.56. The first-order valence-corrected chi connectivity index (χ1v) is 11.9. The molecule has 0 aliphatic heterocycles. The molecule has 1 aliphatic carbocycles. The molecule has 3 N–H and O–H groups in total. The van der Waals surface area contributed by atoms with E-state index < -0.39 is 18.3 Å². The Hall–Kier alpha value is -2.59. The summed E-state index contributed by atoms with van der Waals surface area (Å²) in [7, 11) is 0. The van der Waals surface area contributed by atoms with Crippen LogP contribution in [0.4, 0.5) is 19.5 Å². The minimum Gasteiger partial charge on any atom is -0.462 e. The summed E-state index contributed by atoms with van der Waals surface area (Å²) >= 11 is 2.35. The summed E-state index contributed by atoms with van der Waals surface area (Å²) in [6.07, 6.45) is -0.163. The van der Waals surface area contributed by atoms with Crippen molar-refractivity contribution in [2.45, 2.75) is 46.5 Å². The molecule has 1 atom stereocenters. The van der Waals surface area contributed by atoms with Crippen LogP contribution in [0.1, 0.15) is 68.4 Å². The molecule has 1 amide bonds. The van der Waals surface area contributed by atoms with Gasteiger partial charge >= 0.3 is 5.97 Å². The highest BCUT2D eigenvalue weighted by Crippen LogP contribution is 2.41. The minimum atomic E-state index is -2.72. The predicted octanol–water partition coefficient (Wildman–Crippen LogP) is 5.74. The number of halogens is 2. The number of nitrogens with one attached hydrogen (secondary N) is 1. The molecule has 170 valence electrons. The monoisotopic (exact) mass is 479 g/mol. The lowest BCUT2D eigenvalue weighted by molar-refractivity contribution is 0.0526. The van der Waals surface area contributed by atoms with Crippen molar-refractivity contribution in [2.75, 3.05) is 17.7 Å². The predicted molar refractivity (Wildman–Crippen MR) is 123 cm³/mol. The summed E-state index contributed by atoms with van der Waals surface area (Å²) in [4.78, 5) is 31.3. The van der Waals surface area contributed by atoms with Crippen molar-refractivity contribution < 1.29 is 23.1 Å². The first-order valence-electron chi connectivity index (χ1n) is 10.3. The number of nitrogen functional groups attached to an aromatic ring is 1. The molecule has 3 aromatic heterocycles. The number of hydrogen-bond acceptors (Lipinski definition) is 7. The number of alkyl halides is 2. The normalized spacial score (nSPS) is 15.8. The van der Waals surface area contributed by atoms with Gasteiger partial charge in [0.15, 0.2) is 0 Å². The number of hydrogen-bond donors (Lipinski definition) is 2. The zero-order valence-corrected chi connectivity index (χ0v) is 19.5. The largest absolute Gasteiger partial charge is 0.462 e. The van der Waals surface area contributed by atoms with Gasteiger partial charge in [0.2, 0.25) is 0 Å². The number of rotatable bonds is 5. The minimum absolute atomic E-state index is 0.177. The van der Waals surface area contributed by atoms with Crippen LogP contribution >= 0.6 is 22.7 Å². The van der Waals surface area contributed by atoms with E-state index in [4.69, 9.17) is 10.5 Å². The highest BCUT2D eigenvalue weighted by Gasteiger charge is 2.30. The summed E-state index contributed by atoms with van der Waals surface area (Å²) in [6, 6.07) is 1.28. The fraction of sp³-hybridized carbons (Fsp3) is 0.409. The lowest BCUT2D eigenvalue weighted by atomic mass is 9.88. The third-order valence-corrected chi connectivity index (χ3v) is 7.83. The van der Waals surface area contributed by atoms with E-state index in [0.717, 1.165) is 41.0 Å². The summed E-state index contributed by atoms with van der Waals surface area (Å²) in [6.45, 7) is 5.78. The molecule has 3 heterocycles. The van der Waals surface area contributed by atoms with E-state index in [1.165, 1.54) is 17.4 Å². The van der Waals surface area contributed by atoms with Gasteiger partial charge in [0, 0.05) is 10.3 Å². The average molecular weight is 480 g/mol. The van der Waals surface area contributed by atoms with E-state index in [1.54, 1.807) is 13.8 Å². The van der Waals surface area contributed by atoms with Crippen molar-refractivity contribution in [3.63, 3.8) is 0 Å². The van der Waals surface area contributed by atoms with Gasteiger partial charge in [0.05, 0.1) is 17.9 Å². The first-order chi connectivity index (χ1) is 15.2. The van der Waals surface area contributed by atoms with Gasteiger partial charge in [-0.25, -0.2) is 18.6 Å². The maximum Gasteiger partial charge on any atom is 0.341 e. The molecule has 0 saturated heterocycles. The van der Waals surface area contributed by atoms with Crippen LogP contribution in [0.2, 0.25) is 0 Å². The van der Waals surface area contributed by atoms with Crippen LogP contribution in [0.5, 0.6) is 0 Å². The Kier molecular flexibility index (Phi) is 6.17. The van der Waals surface area contributed by atoms with E-state index in [1.807, 2.05) is 0 Å². The first kappa shape index (κ1) is 22.6. The van der Waals surface area contributed by atoms with Crippen LogP contribution < -0.4 is 11.1 Å². The number of fused-ring (bicyclic) bond motifs is 2. The number of nitrogens with zero attached hydrogens (tertiary/aromatic N) is 1. The van der Waals surface area contributed by atoms with E-state index in [0.29, 0.717) is 27.4 Å². The second kappa shape index (κ2) is 8.74. The Morgan fingerprint density at radius 3 is 2.81 bits per heavy atom. The molecule has 0 saturated carbocycles. The zero-order valence-electron chi connectivity index (χ0n) is 17.9. The Morgan fingerprint density at radius 1 is 1.38 bits per heavy atom. The number of aryl methyl sites for hydroxylation is 1. The van der Waals surface area contributed by atoms with Gasteiger partial charge < -0.3 is 15.8 Å². The summed E-state index contributed by atoms with van der Waals surface area (Å²) in [5.74, 6) is -0.463. The molecule has 32 heavy (non-hydrogen) atoms. The second-order valence-corrected chi connectivity index (χ2v) is 10.0. The standard InChI is InChI=1S/C22H23F2N3O3S2/c1-4-30-22(29)15-11-6-5-9(2)7-13(11)31-21(15)27-19(28)17-16(25)14-10(3)8-12(18(23)24)26-20(14)32-17/h8-9,18H,4-7,25H2,1-3H3,(H,27,28)/t9-/m1/s1. The number of amides is 1. The number of thiophene rings is 2. The quantitative estimate of drug-likeness (QED) is 0.455. The number of nitrogens with two attached hydrogens (primary N) is 1. The third kappa shape index (κ3) is 3.97. The number of carbonyl (C=O) groups is 2. The Balaban J connectivity index is 1.73. The average Bonchev–Trinajstić information content (AvgIpc) is 3.25. The second-order valence-electron chi connectivity index (χ2n) is 7.92. The van der Waals surface area contributed by atoms with Crippen molar-refractivity contribution in [1.82, 2.24) is 4.98 Å². The van der Waals surface area contributed by atoms with Gasteiger partial charge in [-0.2, -0.15) is 0 Å². The van der Waals surface area contributed by atoms with E-state index in [-0.39, 0.29) is 27.7 Å². The smallest absolute Gasteiger partial charge is 0.341 e. The summed E-state index contributed by atoms with van der Waals surface area (Å²) in [5.41, 5.74) is 7.93. The summed E-state index contributed by atoms with van der Waals surface area (Å²) in [5, 5.41) is 3.76. The zero-order chi connectivity index (χ0) is 23.2. The maximum atomic E-state index is 13.1. The van der Waals surface area contributed by atoms with Crippen LogP contribution in [-0.4, -0.2) is 23.5 Å². The molecule has 10 heteroatoms. The van der Waals surface area contributed by atoms with E-state index in [2.05, 4.69) is 17.2 Å². The lowest BCUT2D eigenvalue weighted by Gasteiger charge is -2.18. The lowest BCUT2D eigenvalue weighted by Crippen LogP contribution is -2.16. The molecular weight excluding hydrogens is 456 g/mol. The SMILES string of the molecule is CCOC(=O)c1c(NC(=O)c2sc3nc(C(F)F)cc(C)c3c2N)sc2c1CC[C@@H](C)C2. The van der Waals surface area contributed by atoms with Crippen LogP contribution in [0.25, 0.3) is 10.2 Å². The van der Waals surface area contributed by atoms with Crippen LogP contribution in [0, 0.1) is 12.8 Å². The van der Waals surface area contributed by atoms with Gasteiger partial charge in [-0.1, -0.05) is 6.92 Å². The van der Waals surface area contributed by atoms with E-state index >= 15 is 0 Å². The van der Waals surface area contributed by atoms with Gasteiger partial charge in [0.1, 0.15) is 20.4 Å². The Morgan fingerprint density at radius 2 is 2.12 bits per heavy atom. The molecule has 0 bridgehead atoms. The maximum absolute atomic E-state index is 13.1. The number of ether oxygens (including phenoxy) is 1. The number of anilines is 2. The molecule has 0 fully saturated rings. The molecule has 4 rings (SSSR count). The Labute approximate surface area is 191 Å². The molecule has 3 aromatic rings. The van der Waals surface area contributed by atoms with Gasteiger partial charge in [-0.05, 0) is 56.2 Å². The van der Waals surface area contributed by atoms with Crippen LogP contribution in [0.3, 0.4) is 0 Å². The number of aromatic nitrogens is 1. The number of pyridine rings is 1. The fourth-order valence-electron chi connectivity index (χ4n) is 4.03. The molecule has 0 radical (unpaired) electrons. The molecule has 0 spiro atoms. The fourth-order valence-corrected chi connectivity index (χ4v) is 6.50. The number of esters is 1. The van der Waals surface area contributed by atoms with Crippen molar-refractivity contribution in [3.8, 4) is 0 Å². The van der Waals surface area contributed by atoms with Crippen LogP contribution in [0.15, 0.2) is 6.07 Å². The van der Waals surface area contributed by atoms with Crippen molar-refractivity contribution in [1.29, 1.82) is 0 Å². The van der Waals surface area contributed by atoms with E-state index in [9.17, 15) is 18.4 Å². The van der Waals surface area contributed by atoms with Gasteiger partial charge in [0.25, 0.3) is 12.3 Å². The highest BCUT2D eigenvalue weighted by atomic mass is 32.1. The summed E-state index contributed by atoms with van der Waals surface area (Å²) < 4.78 is 31.5. The molecule has 0 aromatic carbocycles. The topological polar surface area (TPSA) is 94.3 Å². The Bertz CT molecular complexity index is 1220. The van der Waals surface area contributed by atoms with Gasteiger partial charge in [-0.15, -0.1) is 22.7 Å².